The number of amides is 1. The second kappa shape index (κ2) is 6.85. The van der Waals surface area contributed by atoms with Gasteiger partial charge in [0, 0.05) is 29.7 Å². The molecule has 1 amide bonds. The molecule has 33 heavy (non-hydrogen) atoms. The minimum absolute atomic E-state index is 0.0252. The smallest absolute Gasteiger partial charge is 0.225 e. The number of nitrogens with zero attached hydrogens (tertiary/aromatic N) is 2. The van der Waals surface area contributed by atoms with Gasteiger partial charge in [0.1, 0.15) is 35.0 Å². The zero-order chi connectivity index (χ0) is 22.3. The van der Waals surface area contributed by atoms with Crippen LogP contribution in [0.5, 0.6) is 17.2 Å². The van der Waals surface area contributed by atoms with Gasteiger partial charge < -0.3 is 19.8 Å². The summed E-state index contributed by atoms with van der Waals surface area (Å²) in [7, 11) is 0. The molecular formula is C24H16Cl2N4O3. The van der Waals surface area contributed by atoms with Gasteiger partial charge in [0.2, 0.25) is 5.91 Å². The largest absolute Gasteiger partial charge is 0.489 e. The number of H-pyrrole nitrogens is 1. The predicted octanol–water partition coefficient (Wildman–Crippen LogP) is 5.58. The van der Waals surface area contributed by atoms with E-state index >= 15 is 0 Å². The predicted molar refractivity (Wildman–Crippen MR) is 124 cm³/mol. The summed E-state index contributed by atoms with van der Waals surface area (Å²) in [6.45, 7) is 0. The van der Waals surface area contributed by atoms with E-state index in [9.17, 15) is 4.79 Å². The Morgan fingerprint density at radius 2 is 1.94 bits per heavy atom. The first kappa shape index (κ1) is 19.2. The molecule has 4 heterocycles. The molecule has 0 saturated heterocycles. The van der Waals surface area contributed by atoms with Gasteiger partial charge in [0.25, 0.3) is 0 Å². The van der Waals surface area contributed by atoms with E-state index in [2.05, 4.69) is 15.3 Å². The van der Waals surface area contributed by atoms with Crippen LogP contribution in [0.4, 0.5) is 5.82 Å². The Hall–Kier alpha value is -3.29. The quantitative estimate of drug-likeness (QED) is 0.400. The number of carbonyl (C=O) groups excluding carboxylic acids is 1. The van der Waals surface area contributed by atoms with Crippen LogP contribution in [0.1, 0.15) is 35.2 Å². The second-order valence-electron chi connectivity index (χ2n) is 8.53. The van der Waals surface area contributed by atoms with E-state index in [1.807, 2.05) is 24.3 Å². The lowest BCUT2D eigenvalue weighted by Crippen LogP contribution is -2.20. The molecule has 3 unspecified atom stereocenters. The van der Waals surface area contributed by atoms with Crippen molar-refractivity contribution in [3.05, 3.63) is 69.6 Å². The Kier molecular flexibility index (Phi) is 3.99. The monoisotopic (exact) mass is 478 g/mol. The molecule has 2 aromatic heterocycles. The van der Waals surface area contributed by atoms with E-state index in [1.165, 1.54) is 0 Å². The summed E-state index contributed by atoms with van der Waals surface area (Å²) < 4.78 is 12.4. The highest BCUT2D eigenvalue weighted by atomic mass is 35.5. The molecule has 164 valence electrons. The van der Waals surface area contributed by atoms with Crippen molar-refractivity contribution in [2.75, 3.05) is 5.32 Å². The van der Waals surface area contributed by atoms with Gasteiger partial charge in [0.15, 0.2) is 0 Å². The molecular weight excluding hydrogens is 463 g/mol. The molecule has 2 N–H and O–H groups in total. The normalized spacial score (nSPS) is 22.2. The first-order valence-corrected chi connectivity index (χ1v) is 11.4. The maximum atomic E-state index is 11.7. The van der Waals surface area contributed by atoms with Crippen molar-refractivity contribution < 1.29 is 14.3 Å². The standard InChI is InChI=1S/C24H16Cl2N4O3/c25-13-8-15-16(9-14(13)26)29-24(28-15)21-20-12-7-10(1-3-17(12)33-22(20)21)32-18-5-6-27-23-11(18)2-4-19(31)30-23/h1,3,5-9,20-22H,2,4H2,(H,28,29)(H,27,30,31). The fourth-order valence-corrected chi connectivity index (χ4v) is 5.21. The highest BCUT2D eigenvalue weighted by molar-refractivity contribution is 6.42. The maximum Gasteiger partial charge on any atom is 0.225 e. The van der Waals surface area contributed by atoms with Crippen LogP contribution in [-0.2, 0) is 11.2 Å². The number of pyridine rings is 1. The highest BCUT2D eigenvalue weighted by Gasteiger charge is 2.61. The zero-order valence-electron chi connectivity index (χ0n) is 17.1. The van der Waals surface area contributed by atoms with Crippen LogP contribution in [0.2, 0.25) is 10.0 Å². The number of rotatable bonds is 3. The van der Waals surface area contributed by atoms with E-state index in [-0.39, 0.29) is 23.8 Å². The number of imidazole rings is 1. The van der Waals surface area contributed by atoms with Crippen LogP contribution < -0.4 is 14.8 Å². The van der Waals surface area contributed by atoms with Crippen molar-refractivity contribution in [3.63, 3.8) is 0 Å². The third kappa shape index (κ3) is 2.99. The van der Waals surface area contributed by atoms with Crippen LogP contribution in [0.25, 0.3) is 11.0 Å². The Bertz CT molecular complexity index is 1450. The Morgan fingerprint density at radius 1 is 1.06 bits per heavy atom. The molecule has 1 saturated carbocycles. The third-order valence-electron chi connectivity index (χ3n) is 6.52. The number of carbonyl (C=O) groups is 1. The summed E-state index contributed by atoms with van der Waals surface area (Å²) in [4.78, 5) is 24.0. The van der Waals surface area contributed by atoms with Crippen molar-refractivity contribution in [2.45, 2.75) is 30.8 Å². The number of ether oxygens (including phenoxy) is 2. The summed E-state index contributed by atoms with van der Waals surface area (Å²) in [6, 6.07) is 11.3. The number of nitrogens with one attached hydrogen (secondary N) is 2. The lowest BCUT2D eigenvalue weighted by atomic mass is 10.1. The highest BCUT2D eigenvalue weighted by Crippen LogP contribution is 2.63. The lowest BCUT2D eigenvalue weighted by Gasteiger charge is -2.19. The van der Waals surface area contributed by atoms with E-state index in [0.717, 1.165) is 39.5 Å². The van der Waals surface area contributed by atoms with Crippen LogP contribution in [0.3, 0.4) is 0 Å². The van der Waals surface area contributed by atoms with Crippen LogP contribution in [0, 0.1) is 0 Å². The Labute approximate surface area is 198 Å². The maximum absolute atomic E-state index is 11.7. The van der Waals surface area contributed by atoms with Gasteiger partial charge in [-0.25, -0.2) is 9.97 Å². The minimum atomic E-state index is -0.0252. The molecule has 0 spiro atoms. The van der Waals surface area contributed by atoms with Crippen LogP contribution in [0.15, 0.2) is 42.6 Å². The number of fused-ring (bicyclic) bond motifs is 5. The molecule has 1 aliphatic carbocycles. The van der Waals surface area contributed by atoms with E-state index in [0.29, 0.717) is 34.5 Å². The lowest BCUT2D eigenvalue weighted by molar-refractivity contribution is -0.116. The second-order valence-corrected chi connectivity index (χ2v) is 9.34. The minimum Gasteiger partial charge on any atom is -0.489 e. The van der Waals surface area contributed by atoms with E-state index < -0.39 is 0 Å². The van der Waals surface area contributed by atoms with E-state index in [4.69, 9.17) is 37.7 Å². The Balaban J connectivity index is 1.18. The Morgan fingerprint density at radius 3 is 2.85 bits per heavy atom. The van der Waals surface area contributed by atoms with Gasteiger partial charge in [-0.15, -0.1) is 0 Å². The van der Waals surface area contributed by atoms with Crippen LogP contribution in [-0.4, -0.2) is 27.0 Å². The van der Waals surface area contributed by atoms with Crippen molar-refractivity contribution in [1.82, 2.24) is 15.0 Å². The molecule has 7 nitrogen and oxygen atoms in total. The van der Waals surface area contributed by atoms with Gasteiger partial charge in [-0.3, -0.25) is 4.79 Å². The number of halogens is 2. The van der Waals surface area contributed by atoms with Gasteiger partial charge in [-0.1, -0.05) is 23.2 Å². The summed E-state index contributed by atoms with van der Waals surface area (Å²) >= 11 is 12.3. The number of hydrogen-bond acceptors (Lipinski definition) is 5. The van der Waals surface area contributed by atoms with E-state index in [1.54, 1.807) is 18.3 Å². The zero-order valence-corrected chi connectivity index (χ0v) is 18.6. The number of benzene rings is 2. The number of hydrogen-bond donors (Lipinski definition) is 2. The summed E-state index contributed by atoms with van der Waals surface area (Å²) in [5, 5.41) is 3.79. The first-order chi connectivity index (χ1) is 16.0. The molecule has 2 aliphatic heterocycles. The molecule has 9 heteroatoms. The molecule has 7 rings (SSSR count). The first-order valence-electron chi connectivity index (χ1n) is 10.7. The molecule has 3 aliphatic rings. The molecule has 3 atom stereocenters. The molecule has 0 radical (unpaired) electrons. The van der Waals surface area contributed by atoms with Gasteiger partial charge in [0.05, 0.1) is 27.0 Å². The van der Waals surface area contributed by atoms with Crippen molar-refractivity contribution in [1.29, 1.82) is 0 Å². The fraction of sp³-hybridized carbons (Fsp3) is 0.208. The number of aromatic amines is 1. The van der Waals surface area contributed by atoms with Crippen molar-refractivity contribution >= 4 is 46.0 Å². The summed E-state index contributed by atoms with van der Waals surface area (Å²) in [5.74, 6) is 4.06. The molecule has 0 bridgehead atoms. The van der Waals surface area contributed by atoms with Gasteiger partial charge >= 0.3 is 0 Å². The van der Waals surface area contributed by atoms with Gasteiger partial charge in [-0.05, 0) is 42.8 Å². The summed E-state index contributed by atoms with van der Waals surface area (Å²) in [6.07, 6.45) is 2.71. The molecule has 2 aromatic carbocycles. The van der Waals surface area contributed by atoms with Gasteiger partial charge in [-0.2, -0.15) is 0 Å². The summed E-state index contributed by atoms with van der Waals surface area (Å²) in [5.41, 5.74) is 3.67. The fourth-order valence-electron chi connectivity index (χ4n) is 4.89. The number of aromatic nitrogens is 3. The van der Waals surface area contributed by atoms with Crippen molar-refractivity contribution in [3.8, 4) is 17.2 Å². The average molecular weight is 479 g/mol. The third-order valence-corrected chi connectivity index (χ3v) is 7.24. The van der Waals surface area contributed by atoms with Crippen molar-refractivity contribution in [2.24, 2.45) is 0 Å². The topological polar surface area (TPSA) is 89.1 Å². The molecule has 4 aromatic rings. The number of anilines is 1. The SMILES string of the molecule is O=C1CCc2c(Oc3ccc4c(c3)C3C(O4)C3c3nc4cc(Cl)c(Cl)cc4[nH]3)ccnc2N1. The average Bonchev–Trinajstić information content (AvgIpc) is 3.15. The van der Waals surface area contributed by atoms with Crippen LogP contribution >= 0.6 is 23.2 Å². The molecule has 1 fully saturated rings.